The smallest absolute Gasteiger partial charge is 0.175 e. The highest BCUT2D eigenvalue weighted by atomic mass is 35.5. The van der Waals surface area contributed by atoms with Crippen LogP contribution in [0.5, 0.6) is 0 Å². The molecule has 1 N–H and O–H groups in total. The second kappa shape index (κ2) is 6.87. The Morgan fingerprint density at radius 1 is 1.33 bits per heavy atom. The summed E-state index contributed by atoms with van der Waals surface area (Å²) in [5, 5.41) is 4.65. The molecule has 0 spiro atoms. The molecule has 0 aliphatic rings. The van der Waals surface area contributed by atoms with Crippen molar-refractivity contribution in [3.63, 3.8) is 0 Å². The SMILES string of the molecule is CCc1cnc(CNCc2c(Cl)cccc2S(C)(=O)=O)s1. The summed E-state index contributed by atoms with van der Waals surface area (Å²) in [6, 6.07) is 4.93. The summed E-state index contributed by atoms with van der Waals surface area (Å²) in [5.41, 5.74) is 0.605. The molecular formula is C14H17ClN2O2S2. The van der Waals surface area contributed by atoms with Crippen LogP contribution in [0.2, 0.25) is 5.02 Å². The molecule has 0 fully saturated rings. The molecule has 0 saturated heterocycles. The van der Waals surface area contributed by atoms with Crippen LogP contribution < -0.4 is 5.32 Å². The molecule has 0 saturated carbocycles. The number of sulfone groups is 1. The Labute approximate surface area is 134 Å². The Morgan fingerprint density at radius 3 is 2.71 bits per heavy atom. The molecule has 1 heterocycles. The lowest BCUT2D eigenvalue weighted by molar-refractivity contribution is 0.598. The maximum Gasteiger partial charge on any atom is 0.175 e. The summed E-state index contributed by atoms with van der Waals surface area (Å²) in [6.07, 6.45) is 4.04. The molecule has 1 aromatic heterocycles. The largest absolute Gasteiger partial charge is 0.306 e. The lowest BCUT2D eigenvalue weighted by Crippen LogP contribution is -2.15. The van der Waals surface area contributed by atoms with Crippen molar-refractivity contribution in [2.75, 3.05) is 6.26 Å². The van der Waals surface area contributed by atoms with E-state index in [1.165, 1.54) is 11.1 Å². The summed E-state index contributed by atoms with van der Waals surface area (Å²) in [4.78, 5) is 5.83. The summed E-state index contributed by atoms with van der Waals surface area (Å²) >= 11 is 7.78. The Balaban J connectivity index is 2.09. The number of halogens is 1. The zero-order valence-electron chi connectivity index (χ0n) is 11.9. The van der Waals surface area contributed by atoms with Gasteiger partial charge in [-0.1, -0.05) is 24.6 Å². The van der Waals surface area contributed by atoms with Crippen molar-refractivity contribution in [1.82, 2.24) is 10.3 Å². The van der Waals surface area contributed by atoms with Crippen molar-refractivity contribution in [2.45, 2.75) is 31.3 Å². The fourth-order valence-electron chi connectivity index (χ4n) is 1.95. The molecule has 0 bridgehead atoms. The van der Waals surface area contributed by atoms with Gasteiger partial charge in [0.1, 0.15) is 5.01 Å². The van der Waals surface area contributed by atoms with E-state index in [-0.39, 0.29) is 4.90 Å². The van der Waals surface area contributed by atoms with Crippen molar-refractivity contribution in [2.24, 2.45) is 0 Å². The van der Waals surface area contributed by atoms with Gasteiger partial charge in [0.05, 0.1) is 4.90 Å². The summed E-state index contributed by atoms with van der Waals surface area (Å²) < 4.78 is 23.6. The average Bonchev–Trinajstić information content (AvgIpc) is 2.87. The normalized spacial score (nSPS) is 11.8. The Hall–Kier alpha value is -0.950. The fourth-order valence-corrected chi connectivity index (χ4v) is 4.03. The number of nitrogens with zero attached hydrogens (tertiary/aromatic N) is 1. The third-order valence-electron chi connectivity index (χ3n) is 3.00. The number of hydrogen-bond donors (Lipinski definition) is 1. The lowest BCUT2D eigenvalue weighted by atomic mass is 10.2. The maximum absolute atomic E-state index is 11.8. The van der Waals surface area contributed by atoms with Crippen molar-refractivity contribution in [3.05, 3.63) is 44.9 Å². The minimum Gasteiger partial charge on any atom is -0.306 e. The third-order valence-corrected chi connectivity index (χ3v) is 5.68. The van der Waals surface area contributed by atoms with Crippen molar-refractivity contribution >= 4 is 32.8 Å². The van der Waals surface area contributed by atoms with Gasteiger partial charge >= 0.3 is 0 Å². The molecule has 21 heavy (non-hydrogen) atoms. The molecule has 7 heteroatoms. The van der Waals surface area contributed by atoms with E-state index in [2.05, 4.69) is 17.2 Å². The molecule has 0 amide bonds. The molecule has 0 unspecified atom stereocenters. The van der Waals surface area contributed by atoms with Gasteiger partial charge in [-0.3, -0.25) is 0 Å². The van der Waals surface area contributed by atoms with Crippen molar-refractivity contribution in [3.8, 4) is 0 Å². The lowest BCUT2D eigenvalue weighted by Gasteiger charge is -2.10. The minimum absolute atomic E-state index is 0.274. The monoisotopic (exact) mass is 344 g/mol. The van der Waals surface area contributed by atoms with E-state index < -0.39 is 9.84 Å². The first-order valence-corrected chi connectivity index (χ1v) is 9.62. The number of aromatic nitrogens is 1. The average molecular weight is 345 g/mol. The zero-order chi connectivity index (χ0) is 15.5. The summed E-state index contributed by atoms with van der Waals surface area (Å²) in [5.74, 6) is 0. The number of hydrogen-bond acceptors (Lipinski definition) is 5. The standard InChI is InChI=1S/C14H17ClN2O2S2/c1-3-10-7-17-14(20-10)9-16-8-11-12(15)5-4-6-13(11)21(2,18)19/h4-7,16H,3,8-9H2,1-2H3. The van der Waals surface area contributed by atoms with Crippen LogP contribution in [0.4, 0.5) is 0 Å². The third kappa shape index (κ3) is 4.26. The molecule has 2 rings (SSSR count). The first kappa shape index (κ1) is 16.4. The Morgan fingerprint density at radius 2 is 2.10 bits per heavy atom. The molecule has 2 aromatic rings. The van der Waals surface area contributed by atoms with Crippen LogP contribution >= 0.6 is 22.9 Å². The fraction of sp³-hybridized carbons (Fsp3) is 0.357. The van der Waals surface area contributed by atoms with E-state index in [0.29, 0.717) is 23.7 Å². The molecule has 0 radical (unpaired) electrons. The first-order valence-electron chi connectivity index (χ1n) is 6.53. The zero-order valence-corrected chi connectivity index (χ0v) is 14.3. The van der Waals surface area contributed by atoms with Gasteiger partial charge in [-0.25, -0.2) is 13.4 Å². The van der Waals surface area contributed by atoms with Crippen LogP contribution in [-0.2, 0) is 29.3 Å². The number of benzene rings is 1. The highest BCUT2D eigenvalue weighted by Gasteiger charge is 2.15. The van der Waals surface area contributed by atoms with E-state index >= 15 is 0 Å². The van der Waals surface area contributed by atoms with Gasteiger partial charge in [0.15, 0.2) is 9.84 Å². The molecule has 114 valence electrons. The quantitative estimate of drug-likeness (QED) is 0.875. The minimum atomic E-state index is -3.29. The molecule has 4 nitrogen and oxygen atoms in total. The van der Waals surface area contributed by atoms with Gasteiger partial charge in [0.25, 0.3) is 0 Å². The number of thiazole rings is 1. The molecular weight excluding hydrogens is 328 g/mol. The van der Waals surface area contributed by atoms with Crippen molar-refractivity contribution in [1.29, 1.82) is 0 Å². The predicted molar refractivity (Wildman–Crippen MR) is 86.6 cm³/mol. The van der Waals surface area contributed by atoms with E-state index in [1.54, 1.807) is 29.5 Å². The van der Waals surface area contributed by atoms with Gasteiger partial charge in [-0.05, 0) is 18.6 Å². The number of aryl methyl sites for hydroxylation is 1. The molecule has 1 aromatic carbocycles. The van der Waals surface area contributed by atoms with Crippen LogP contribution in [0.1, 0.15) is 22.4 Å². The van der Waals surface area contributed by atoms with Gasteiger partial charge in [-0.2, -0.15) is 0 Å². The van der Waals surface area contributed by atoms with E-state index in [9.17, 15) is 8.42 Å². The number of nitrogens with one attached hydrogen (secondary N) is 1. The maximum atomic E-state index is 11.8. The van der Waals surface area contributed by atoms with Crippen LogP contribution in [0.15, 0.2) is 29.3 Å². The Bertz CT molecular complexity index is 726. The van der Waals surface area contributed by atoms with Gasteiger partial charge in [0.2, 0.25) is 0 Å². The van der Waals surface area contributed by atoms with E-state index in [4.69, 9.17) is 11.6 Å². The highest BCUT2D eigenvalue weighted by Crippen LogP contribution is 2.24. The topological polar surface area (TPSA) is 59.1 Å². The molecule has 0 aliphatic heterocycles. The van der Waals surface area contributed by atoms with E-state index in [1.807, 2.05) is 6.20 Å². The second-order valence-electron chi connectivity index (χ2n) is 4.67. The molecule has 0 aliphatic carbocycles. The van der Waals surface area contributed by atoms with E-state index in [0.717, 1.165) is 11.4 Å². The van der Waals surface area contributed by atoms with Crippen LogP contribution in [0.25, 0.3) is 0 Å². The van der Waals surface area contributed by atoms with Crippen LogP contribution in [0, 0.1) is 0 Å². The van der Waals surface area contributed by atoms with Crippen LogP contribution in [0.3, 0.4) is 0 Å². The van der Waals surface area contributed by atoms with Gasteiger partial charge in [-0.15, -0.1) is 11.3 Å². The summed E-state index contributed by atoms with van der Waals surface area (Å²) in [6.45, 7) is 3.08. The number of rotatable bonds is 6. The highest BCUT2D eigenvalue weighted by molar-refractivity contribution is 7.90. The Kier molecular flexibility index (Phi) is 5.37. The first-order chi connectivity index (χ1) is 9.91. The second-order valence-corrected chi connectivity index (χ2v) is 8.26. The molecule has 0 atom stereocenters. The van der Waals surface area contributed by atoms with Gasteiger partial charge in [0, 0.05) is 41.0 Å². The van der Waals surface area contributed by atoms with Gasteiger partial charge < -0.3 is 5.32 Å². The summed E-state index contributed by atoms with van der Waals surface area (Å²) in [7, 11) is -3.29. The van der Waals surface area contributed by atoms with Crippen LogP contribution in [-0.4, -0.2) is 19.7 Å². The predicted octanol–water partition coefficient (Wildman–Crippen LogP) is 3.05. The van der Waals surface area contributed by atoms with Crippen molar-refractivity contribution < 1.29 is 8.42 Å².